The lowest BCUT2D eigenvalue weighted by molar-refractivity contribution is -0.147. The summed E-state index contributed by atoms with van der Waals surface area (Å²) in [7, 11) is 0. The topological polar surface area (TPSA) is 66.4 Å². The van der Waals surface area contributed by atoms with Crippen molar-refractivity contribution in [2.45, 2.75) is 12.8 Å². The highest BCUT2D eigenvalue weighted by Gasteiger charge is 2.51. The minimum absolute atomic E-state index is 0.0182. The van der Waals surface area contributed by atoms with E-state index in [1.807, 2.05) is 12.2 Å². The van der Waals surface area contributed by atoms with Gasteiger partial charge in [0.2, 0.25) is 5.91 Å². The Morgan fingerprint density at radius 1 is 1.14 bits per heavy atom. The van der Waals surface area contributed by atoms with Crippen molar-refractivity contribution >= 4 is 11.9 Å². The zero-order chi connectivity index (χ0) is 15.7. The monoisotopic (exact) mass is 303 g/mol. The van der Waals surface area contributed by atoms with Gasteiger partial charge in [0.1, 0.15) is 5.82 Å². The molecule has 2 N–H and O–H groups in total. The number of aliphatic carboxylic acids is 1. The molecule has 0 aliphatic heterocycles. The normalized spacial score (nSPS) is 28.8. The van der Waals surface area contributed by atoms with Crippen LogP contribution >= 0.6 is 0 Å². The molecule has 4 atom stereocenters. The lowest BCUT2D eigenvalue weighted by Crippen LogP contribution is -2.40. The summed E-state index contributed by atoms with van der Waals surface area (Å²) in [6.45, 7) is 0.425. The Morgan fingerprint density at radius 2 is 1.77 bits per heavy atom. The second-order valence-electron chi connectivity index (χ2n) is 6.01. The molecule has 0 saturated heterocycles. The Balaban J connectivity index is 1.56. The van der Waals surface area contributed by atoms with E-state index < -0.39 is 17.8 Å². The van der Waals surface area contributed by atoms with Crippen molar-refractivity contribution in [2.24, 2.45) is 23.7 Å². The SMILES string of the molecule is O=C(NCCc1ccc(F)cc1)[C@@H]1[C@@H](C(=O)O)[C@H]2C=C[C@@H]1C2. The van der Waals surface area contributed by atoms with Gasteiger partial charge in [-0.25, -0.2) is 4.39 Å². The van der Waals surface area contributed by atoms with E-state index in [1.165, 1.54) is 12.1 Å². The molecule has 2 aliphatic carbocycles. The highest BCUT2D eigenvalue weighted by Crippen LogP contribution is 2.48. The van der Waals surface area contributed by atoms with Gasteiger partial charge in [-0.1, -0.05) is 24.3 Å². The van der Waals surface area contributed by atoms with Gasteiger partial charge in [-0.2, -0.15) is 0 Å². The first-order valence-corrected chi connectivity index (χ1v) is 7.49. The molecule has 4 nitrogen and oxygen atoms in total. The van der Waals surface area contributed by atoms with Crippen LogP contribution in [0.4, 0.5) is 4.39 Å². The smallest absolute Gasteiger partial charge is 0.307 e. The summed E-state index contributed by atoms with van der Waals surface area (Å²) in [6, 6.07) is 6.14. The number of fused-ring (bicyclic) bond motifs is 2. The van der Waals surface area contributed by atoms with E-state index in [2.05, 4.69) is 5.32 Å². The molecule has 1 saturated carbocycles. The van der Waals surface area contributed by atoms with E-state index in [1.54, 1.807) is 12.1 Å². The Kier molecular flexibility index (Phi) is 3.96. The maximum atomic E-state index is 12.8. The standard InChI is InChI=1S/C17H18FNO3/c18-13-5-1-10(2-6-13)7-8-19-16(20)14-11-3-4-12(9-11)15(14)17(21)22/h1-6,11-12,14-15H,7-9H2,(H,19,20)(H,21,22)/t11-,12+,14+,15+/m1/s1. The van der Waals surface area contributed by atoms with Crippen LogP contribution in [-0.2, 0) is 16.0 Å². The number of hydrogen-bond donors (Lipinski definition) is 2. The lowest BCUT2D eigenvalue weighted by atomic mass is 9.82. The molecule has 5 heteroatoms. The number of carboxylic acids is 1. The van der Waals surface area contributed by atoms with Gasteiger partial charge in [-0.05, 0) is 42.4 Å². The second-order valence-corrected chi connectivity index (χ2v) is 6.01. The third-order valence-electron chi connectivity index (χ3n) is 4.67. The molecule has 22 heavy (non-hydrogen) atoms. The zero-order valence-corrected chi connectivity index (χ0v) is 12.0. The molecular weight excluding hydrogens is 285 g/mol. The first-order valence-electron chi connectivity index (χ1n) is 7.49. The third kappa shape index (κ3) is 2.75. The molecule has 0 unspecified atom stereocenters. The first-order chi connectivity index (χ1) is 10.6. The van der Waals surface area contributed by atoms with Crippen molar-refractivity contribution in [1.82, 2.24) is 5.32 Å². The highest BCUT2D eigenvalue weighted by atomic mass is 19.1. The molecule has 0 heterocycles. The van der Waals surface area contributed by atoms with Crippen LogP contribution in [-0.4, -0.2) is 23.5 Å². The average molecular weight is 303 g/mol. The highest BCUT2D eigenvalue weighted by molar-refractivity contribution is 5.86. The van der Waals surface area contributed by atoms with Crippen molar-refractivity contribution in [3.05, 3.63) is 47.8 Å². The number of carbonyl (C=O) groups is 2. The summed E-state index contributed by atoms with van der Waals surface area (Å²) in [6.07, 6.45) is 5.24. The van der Waals surface area contributed by atoms with E-state index in [4.69, 9.17) is 0 Å². The Morgan fingerprint density at radius 3 is 2.41 bits per heavy atom. The van der Waals surface area contributed by atoms with Gasteiger partial charge in [0.05, 0.1) is 11.8 Å². The summed E-state index contributed by atoms with van der Waals surface area (Å²) >= 11 is 0. The van der Waals surface area contributed by atoms with E-state index in [-0.39, 0.29) is 23.6 Å². The van der Waals surface area contributed by atoms with Gasteiger partial charge in [-0.15, -0.1) is 0 Å². The van der Waals surface area contributed by atoms with Crippen LogP contribution < -0.4 is 5.32 Å². The predicted molar refractivity (Wildman–Crippen MR) is 78.5 cm³/mol. The molecule has 1 aromatic rings. The van der Waals surface area contributed by atoms with Gasteiger partial charge < -0.3 is 10.4 Å². The van der Waals surface area contributed by atoms with Crippen LogP contribution in [0.2, 0.25) is 0 Å². The summed E-state index contributed by atoms with van der Waals surface area (Å²) < 4.78 is 12.8. The van der Waals surface area contributed by atoms with Crippen LogP contribution in [0.5, 0.6) is 0 Å². The van der Waals surface area contributed by atoms with Crippen molar-refractivity contribution in [2.75, 3.05) is 6.54 Å². The quantitative estimate of drug-likeness (QED) is 0.818. The molecule has 1 amide bonds. The molecule has 2 aliphatic rings. The summed E-state index contributed by atoms with van der Waals surface area (Å²) in [5.74, 6) is -2.43. The van der Waals surface area contributed by atoms with E-state index in [9.17, 15) is 19.1 Å². The Hall–Kier alpha value is -2.17. The molecular formula is C17H18FNO3. The van der Waals surface area contributed by atoms with Gasteiger partial charge in [0.25, 0.3) is 0 Å². The Labute approximate surface area is 128 Å². The second kappa shape index (κ2) is 5.91. The number of carbonyl (C=O) groups excluding carboxylic acids is 1. The number of allylic oxidation sites excluding steroid dienone is 2. The third-order valence-corrected chi connectivity index (χ3v) is 4.67. The first kappa shape index (κ1) is 14.8. The summed E-state index contributed by atoms with van der Waals surface area (Å²) in [5, 5.41) is 12.2. The zero-order valence-electron chi connectivity index (χ0n) is 12.0. The molecule has 0 aromatic heterocycles. The van der Waals surface area contributed by atoms with E-state index >= 15 is 0 Å². The van der Waals surface area contributed by atoms with E-state index in [0.29, 0.717) is 13.0 Å². The molecule has 1 fully saturated rings. The predicted octanol–water partition coefficient (Wildman–Crippen LogP) is 2.01. The fourth-order valence-corrected chi connectivity index (χ4v) is 3.62. The van der Waals surface area contributed by atoms with Crippen LogP contribution in [0.15, 0.2) is 36.4 Å². The number of rotatable bonds is 5. The van der Waals surface area contributed by atoms with Gasteiger partial charge >= 0.3 is 5.97 Å². The van der Waals surface area contributed by atoms with Crippen LogP contribution in [0.3, 0.4) is 0 Å². The summed E-state index contributed by atoms with van der Waals surface area (Å²) in [5.41, 5.74) is 0.935. The van der Waals surface area contributed by atoms with Gasteiger partial charge in [0.15, 0.2) is 0 Å². The van der Waals surface area contributed by atoms with Gasteiger partial charge in [0, 0.05) is 6.54 Å². The molecule has 2 bridgehead atoms. The van der Waals surface area contributed by atoms with Crippen LogP contribution in [0.25, 0.3) is 0 Å². The van der Waals surface area contributed by atoms with Crippen molar-refractivity contribution in [3.63, 3.8) is 0 Å². The maximum absolute atomic E-state index is 12.8. The number of nitrogens with one attached hydrogen (secondary N) is 1. The number of carboxylic acid groups (broad SMARTS) is 1. The molecule has 3 rings (SSSR count). The largest absolute Gasteiger partial charge is 0.481 e. The minimum atomic E-state index is -0.893. The molecule has 0 radical (unpaired) electrons. The lowest BCUT2D eigenvalue weighted by Gasteiger charge is -2.23. The fourth-order valence-electron chi connectivity index (χ4n) is 3.62. The number of amides is 1. The fraction of sp³-hybridized carbons (Fsp3) is 0.412. The number of hydrogen-bond acceptors (Lipinski definition) is 2. The Bertz CT molecular complexity index is 611. The van der Waals surface area contributed by atoms with Crippen LogP contribution in [0, 0.1) is 29.5 Å². The molecule has 0 spiro atoms. The minimum Gasteiger partial charge on any atom is -0.481 e. The van der Waals surface area contributed by atoms with Crippen molar-refractivity contribution < 1.29 is 19.1 Å². The average Bonchev–Trinajstić information content (AvgIpc) is 3.09. The molecule has 1 aromatic carbocycles. The van der Waals surface area contributed by atoms with Crippen molar-refractivity contribution in [1.29, 1.82) is 0 Å². The number of benzene rings is 1. The molecule has 116 valence electrons. The van der Waals surface area contributed by atoms with E-state index in [0.717, 1.165) is 12.0 Å². The maximum Gasteiger partial charge on any atom is 0.307 e. The summed E-state index contributed by atoms with van der Waals surface area (Å²) in [4.78, 5) is 23.7. The number of halogens is 1. The van der Waals surface area contributed by atoms with Crippen molar-refractivity contribution in [3.8, 4) is 0 Å². The van der Waals surface area contributed by atoms with Gasteiger partial charge in [-0.3, -0.25) is 9.59 Å². The van der Waals surface area contributed by atoms with Crippen LogP contribution in [0.1, 0.15) is 12.0 Å².